The van der Waals surface area contributed by atoms with Crippen molar-refractivity contribution in [3.8, 4) is 0 Å². The number of amides is 1. The number of hydrogen-bond acceptors (Lipinski definition) is 3. The molecule has 4 rings (SSSR count). The van der Waals surface area contributed by atoms with Crippen molar-refractivity contribution in [3.63, 3.8) is 0 Å². The van der Waals surface area contributed by atoms with Gasteiger partial charge in [-0.1, -0.05) is 41.9 Å². The molecule has 0 spiro atoms. The molecule has 0 bridgehead atoms. The molecule has 1 fully saturated rings. The highest BCUT2D eigenvalue weighted by Crippen LogP contribution is 2.36. The van der Waals surface area contributed by atoms with Crippen LogP contribution < -0.4 is 10.2 Å². The minimum atomic E-state index is -0.254. The van der Waals surface area contributed by atoms with Gasteiger partial charge >= 0.3 is 0 Å². The number of carbonyl (C=O) groups excluding carboxylic acids is 1. The number of ether oxygens (including phenoxy) is 1. The van der Waals surface area contributed by atoms with Gasteiger partial charge in [-0.05, 0) is 62.4 Å². The molecule has 2 atom stereocenters. The highest BCUT2D eigenvalue weighted by Gasteiger charge is 2.37. The molecule has 2 aromatic carbocycles. The zero-order valence-corrected chi connectivity index (χ0v) is 17.9. The van der Waals surface area contributed by atoms with Gasteiger partial charge in [-0.25, -0.2) is 0 Å². The second kappa shape index (κ2) is 8.47. The van der Waals surface area contributed by atoms with Crippen LogP contribution in [-0.4, -0.2) is 37.7 Å². The van der Waals surface area contributed by atoms with Crippen molar-refractivity contribution < 1.29 is 9.53 Å². The normalized spacial score (nSPS) is 21.6. The highest BCUT2D eigenvalue weighted by molar-refractivity contribution is 6.30. The van der Waals surface area contributed by atoms with Gasteiger partial charge in [0.25, 0.3) is 0 Å². The second-order valence-corrected chi connectivity index (χ2v) is 8.83. The summed E-state index contributed by atoms with van der Waals surface area (Å²) in [5.74, 6) is 0.140. The Morgan fingerprint density at radius 1 is 1.21 bits per heavy atom. The lowest BCUT2D eigenvalue weighted by Crippen LogP contribution is -2.51. The summed E-state index contributed by atoms with van der Waals surface area (Å²) in [7, 11) is 0. The van der Waals surface area contributed by atoms with Crippen molar-refractivity contribution in [2.24, 2.45) is 0 Å². The molecule has 1 N–H and O–H groups in total. The fourth-order valence-electron chi connectivity index (χ4n) is 4.68. The minimum Gasteiger partial charge on any atom is -0.381 e. The lowest BCUT2D eigenvalue weighted by Gasteiger charge is -2.39. The van der Waals surface area contributed by atoms with E-state index in [1.54, 1.807) is 0 Å². The fourth-order valence-corrected chi connectivity index (χ4v) is 4.80. The van der Waals surface area contributed by atoms with Gasteiger partial charge in [0.05, 0.1) is 6.04 Å². The van der Waals surface area contributed by atoms with E-state index in [1.165, 1.54) is 11.1 Å². The third-order valence-electron chi connectivity index (χ3n) is 6.47. The quantitative estimate of drug-likeness (QED) is 0.794. The van der Waals surface area contributed by atoms with Gasteiger partial charge in [0.2, 0.25) is 5.91 Å². The van der Waals surface area contributed by atoms with Crippen LogP contribution in [0.25, 0.3) is 0 Å². The van der Waals surface area contributed by atoms with Crippen molar-refractivity contribution >= 4 is 23.2 Å². The fraction of sp³-hybridized carbons (Fsp3) is 0.458. The van der Waals surface area contributed by atoms with Crippen LogP contribution in [0.15, 0.2) is 48.5 Å². The van der Waals surface area contributed by atoms with Gasteiger partial charge in [0.1, 0.15) is 0 Å². The largest absolute Gasteiger partial charge is 0.381 e. The van der Waals surface area contributed by atoms with Crippen molar-refractivity contribution in [2.75, 3.05) is 24.7 Å². The van der Waals surface area contributed by atoms with Gasteiger partial charge in [-0.2, -0.15) is 0 Å². The van der Waals surface area contributed by atoms with Gasteiger partial charge < -0.3 is 15.0 Å². The monoisotopic (exact) mass is 412 g/mol. The molecular formula is C24H29ClN2O2. The van der Waals surface area contributed by atoms with E-state index in [0.29, 0.717) is 0 Å². The molecule has 0 radical (unpaired) electrons. The predicted molar refractivity (Wildman–Crippen MR) is 118 cm³/mol. The number of fused-ring (bicyclic) bond motifs is 1. The number of carbonyl (C=O) groups is 1. The van der Waals surface area contributed by atoms with Crippen LogP contribution in [0.3, 0.4) is 0 Å². The van der Waals surface area contributed by atoms with Crippen LogP contribution in [0.2, 0.25) is 5.02 Å². The maximum Gasteiger partial charge on any atom is 0.244 e. The lowest BCUT2D eigenvalue weighted by molar-refractivity contribution is -0.120. The van der Waals surface area contributed by atoms with Gasteiger partial charge in [-0.3, -0.25) is 4.79 Å². The van der Waals surface area contributed by atoms with Crippen LogP contribution in [0.5, 0.6) is 0 Å². The number of anilines is 1. The summed E-state index contributed by atoms with van der Waals surface area (Å²) in [6, 6.07) is 16.3. The SMILES string of the molecule is CC(NCC1(c2ccc(Cl)cc2)CCOCC1)C(=O)N1c2ccccc2CC1C. The van der Waals surface area contributed by atoms with Crippen LogP contribution in [0.1, 0.15) is 37.8 Å². The Kier molecular flexibility index (Phi) is 5.95. The van der Waals surface area contributed by atoms with Crippen LogP contribution in [0, 0.1) is 0 Å². The Hall–Kier alpha value is -1.88. The van der Waals surface area contributed by atoms with Crippen molar-refractivity contribution in [1.29, 1.82) is 0 Å². The first-order valence-electron chi connectivity index (χ1n) is 10.5. The van der Waals surface area contributed by atoms with E-state index in [4.69, 9.17) is 16.3 Å². The number of halogens is 1. The van der Waals surface area contributed by atoms with Crippen LogP contribution >= 0.6 is 11.6 Å². The summed E-state index contributed by atoms with van der Waals surface area (Å²) < 4.78 is 5.63. The van der Waals surface area contributed by atoms with Crippen molar-refractivity contribution in [2.45, 2.75) is 50.6 Å². The van der Waals surface area contributed by atoms with E-state index < -0.39 is 0 Å². The number of nitrogens with one attached hydrogen (secondary N) is 1. The first-order chi connectivity index (χ1) is 14.0. The topological polar surface area (TPSA) is 41.6 Å². The average molecular weight is 413 g/mol. The Bertz CT molecular complexity index is 861. The Morgan fingerprint density at radius 3 is 2.62 bits per heavy atom. The molecule has 0 aliphatic carbocycles. The van der Waals surface area contributed by atoms with Gasteiger partial charge in [0, 0.05) is 41.9 Å². The molecule has 2 unspecified atom stereocenters. The van der Waals surface area contributed by atoms with Gasteiger partial charge in [-0.15, -0.1) is 0 Å². The molecule has 2 aromatic rings. The zero-order valence-electron chi connectivity index (χ0n) is 17.2. The summed E-state index contributed by atoms with van der Waals surface area (Å²) in [5, 5.41) is 4.30. The molecule has 154 valence electrons. The number of benzene rings is 2. The maximum atomic E-state index is 13.3. The molecule has 5 heteroatoms. The summed E-state index contributed by atoms with van der Waals surface area (Å²) in [6.45, 7) is 6.32. The van der Waals surface area contributed by atoms with E-state index in [0.717, 1.165) is 49.7 Å². The Morgan fingerprint density at radius 2 is 1.90 bits per heavy atom. The molecule has 2 aliphatic heterocycles. The van der Waals surface area contributed by atoms with Crippen molar-refractivity contribution in [1.82, 2.24) is 5.32 Å². The van der Waals surface area contributed by atoms with Crippen LogP contribution in [-0.2, 0) is 21.4 Å². The molecule has 4 nitrogen and oxygen atoms in total. The number of rotatable bonds is 5. The van der Waals surface area contributed by atoms with Crippen molar-refractivity contribution in [3.05, 3.63) is 64.7 Å². The first-order valence-corrected chi connectivity index (χ1v) is 10.9. The summed E-state index contributed by atoms with van der Waals surface area (Å²) in [6.07, 6.45) is 2.79. The highest BCUT2D eigenvalue weighted by atomic mass is 35.5. The van der Waals surface area contributed by atoms with E-state index in [1.807, 2.05) is 36.1 Å². The molecule has 29 heavy (non-hydrogen) atoms. The van der Waals surface area contributed by atoms with Crippen LogP contribution in [0.4, 0.5) is 5.69 Å². The van der Waals surface area contributed by atoms with E-state index in [-0.39, 0.29) is 23.4 Å². The molecule has 0 aromatic heterocycles. The third kappa shape index (κ3) is 4.07. The minimum absolute atomic E-state index is 0.0358. The van der Waals surface area contributed by atoms with E-state index >= 15 is 0 Å². The maximum absolute atomic E-state index is 13.3. The van der Waals surface area contributed by atoms with E-state index in [2.05, 4.69) is 36.5 Å². The molecule has 1 saturated heterocycles. The molecule has 1 amide bonds. The third-order valence-corrected chi connectivity index (χ3v) is 6.72. The number of para-hydroxylation sites is 1. The second-order valence-electron chi connectivity index (χ2n) is 8.39. The number of nitrogens with zero attached hydrogens (tertiary/aromatic N) is 1. The standard InChI is InChI=1S/C24H29ClN2O2/c1-17-15-19-5-3-4-6-22(19)27(17)23(28)18(2)26-16-24(11-13-29-14-12-24)20-7-9-21(25)10-8-20/h3-10,17-18,26H,11-16H2,1-2H3. The van der Waals surface area contributed by atoms with E-state index in [9.17, 15) is 4.79 Å². The predicted octanol–water partition coefficient (Wildman–Crippen LogP) is 4.34. The lowest BCUT2D eigenvalue weighted by atomic mass is 9.74. The first kappa shape index (κ1) is 20.4. The molecular weight excluding hydrogens is 384 g/mol. The summed E-state index contributed by atoms with van der Waals surface area (Å²) in [5.41, 5.74) is 3.53. The number of hydrogen-bond donors (Lipinski definition) is 1. The molecule has 2 aliphatic rings. The Labute approximate surface area is 178 Å². The Balaban J connectivity index is 1.49. The summed E-state index contributed by atoms with van der Waals surface area (Å²) in [4.78, 5) is 15.3. The smallest absolute Gasteiger partial charge is 0.244 e. The average Bonchev–Trinajstić information content (AvgIpc) is 3.08. The molecule has 0 saturated carbocycles. The summed E-state index contributed by atoms with van der Waals surface area (Å²) >= 11 is 6.10. The molecule has 2 heterocycles. The van der Waals surface area contributed by atoms with Gasteiger partial charge in [0.15, 0.2) is 0 Å². The zero-order chi connectivity index (χ0) is 20.4.